The van der Waals surface area contributed by atoms with Crippen LogP contribution in [0.5, 0.6) is 11.5 Å². The van der Waals surface area contributed by atoms with E-state index in [9.17, 15) is 9.59 Å². The van der Waals surface area contributed by atoms with Crippen LogP contribution in [0.3, 0.4) is 0 Å². The third kappa shape index (κ3) is 5.10. The highest BCUT2D eigenvalue weighted by Crippen LogP contribution is 2.27. The van der Waals surface area contributed by atoms with Crippen LogP contribution in [0.15, 0.2) is 42.5 Å². The fourth-order valence-electron chi connectivity index (χ4n) is 4.22. The molecule has 8 nitrogen and oxygen atoms in total. The van der Waals surface area contributed by atoms with Gasteiger partial charge in [-0.15, -0.1) is 0 Å². The molecule has 0 unspecified atom stereocenters. The Hall–Kier alpha value is -3.55. The van der Waals surface area contributed by atoms with Crippen LogP contribution in [-0.4, -0.2) is 60.1 Å². The van der Waals surface area contributed by atoms with Gasteiger partial charge in [0.2, 0.25) is 5.91 Å². The number of carbonyl (C=O) groups excluding carboxylic acids is 2. The molecule has 174 valence electrons. The predicted octanol–water partition coefficient (Wildman–Crippen LogP) is 3.04. The van der Waals surface area contributed by atoms with E-state index >= 15 is 0 Å². The van der Waals surface area contributed by atoms with Gasteiger partial charge < -0.3 is 24.3 Å². The SMILES string of the molecule is COc1ccc(C(=O)NCCCc2nc3ccccc3n2CC(=O)N2CCCC2)cc1OC. The zero-order chi connectivity index (χ0) is 23.2. The molecule has 2 amide bonds. The minimum absolute atomic E-state index is 0.138. The van der Waals surface area contributed by atoms with Crippen molar-refractivity contribution in [3.63, 3.8) is 0 Å². The van der Waals surface area contributed by atoms with Crippen molar-refractivity contribution in [3.8, 4) is 11.5 Å². The summed E-state index contributed by atoms with van der Waals surface area (Å²) in [5.74, 6) is 1.93. The molecule has 1 aromatic heterocycles. The average Bonchev–Trinajstić information content (AvgIpc) is 3.50. The van der Waals surface area contributed by atoms with Crippen LogP contribution >= 0.6 is 0 Å². The van der Waals surface area contributed by atoms with E-state index in [0.29, 0.717) is 43.0 Å². The first kappa shape index (κ1) is 22.6. The number of amides is 2. The van der Waals surface area contributed by atoms with Crippen LogP contribution in [0.25, 0.3) is 11.0 Å². The van der Waals surface area contributed by atoms with Crippen molar-refractivity contribution >= 4 is 22.8 Å². The standard InChI is InChI=1S/C25H30N4O4/c1-32-21-12-11-18(16-22(21)33-2)25(31)26-13-7-10-23-27-19-8-3-4-9-20(19)29(23)17-24(30)28-14-5-6-15-28/h3-4,8-9,11-12,16H,5-7,10,13-15,17H2,1-2H3,(H,26,31). The first-order valence-electron chi connectivity index (χ1n) is 11.3. The summed E-state index contributed by atoms with van der Waals surface area (Å²) in [7, 11) is 3.10. The quantitative estimate of drug-likeness (QED) is 0.507. The Labute approximate surface area is 193 Å². The van der Waals surface area contributed by atoms with Crippen molar-refractivity contribution in [1.82, 2.24) is 19.8 Å². The number of para-hydroxylation sites is 2. The number of carbonyl (C=O) groups is 2. The van der Waals surface area contributed by atoms with Gasteiger partial charge in [0, 0.05) is 31.6 Å². The first-order valence-corrected chi connectivity index (χ1v) is 11.3. The number of benzene rings is 2. The number of ether oxygens (including phenoxy) is 2. The molecule has 3 aromatic rings. The van der Waals surface area contributed by atoms with E-state index in [1.165, 1.54) is 0 Å². The highest BCUT2D eigenvalue weighted by molar-refractivity contribution is 5.94. The minimum Gasteiger partial charge on any atom is -0.493 e. The lowest BCUT2D eigenvalue weighted by Gasteiger charge is -2.17. The average molecular weight is 451 g/mol. The van der Waals surface area contributed by atoms with E-state index in [2.05, 4.69) is 5.32 Å². The van der Waals surface area contributed by atoms with Crippen LogP contribution in [-0.2, 0) is 17.8 Å². The number of nitrogens with zero attached hydrogens (tertiary/aromatic N) is 3. The molecule has 0 saturated carbocycles. The van der Waals surface area contributed by atoms with Gasteiger partial charge in [-0.25, -0.2) is 4.98 Å². The fourth-order valence-corrected chi connectivity index (χ4v) is 4.22. The number of aromatic nitrogens is 2. The Balaban J connectivity index is 1.39. The Kier molecular flexibility index (Phi) is 7.12. The van der Waals surface area contributed by atoms with Gasteiger partial charge in [-0.1, -0.05) is 12.1 Å². The maximum atomic E-state index is 12.8. The topological polar surface area (TPSA) is 85.7 Å². The monoisotopic (exact) mass is 450 g/mol. The Morgan fingerprint density at radius 3 is 2.55 bits per heavy atom. The molecule has 0 bridgehead atoms. The number of fused-ring (bicyclic) bond motifs is 1. The summed E-state index contributed by atoms with van der Waals surface area (Å²) in [6.07, 6.45) is 3.51. The number of nitrogens with one attached hydrogen (secondary N) is 1. The van der Waals surface area contributed by atoms with Crippen molar-refractivity contribution in [2.75, 3.05) is 33.9 Å². The second-order valence-corrected chi connectivity index (χ2v) is 8.12. The van der Waals surface area contributed by atoms with Crippen molar-refractivity contribution < 1.29 is 19.1 Å². The molecule has 1 aliphatic heterocycles. The first-order chi connectivity index (χ1) is 16.1. The van der Waals surface area contributed by atoms with Gasteiger partial charge >= 0.3 is 0 Å². The summed E-state index contributed by atoms with van der Waals surface area (Å²) >= 11 is 0. The van der Waals surface area contributed by atoms with Gasteiger partial charge in [-0.2, -0.15) is 0 Å². The third-order valence-corrected chi connectivity index (χ3v) is 5.99. The molecule has 1 N–H and O–H groups in total. The Morgan fingerprint density at radius 1 is 1.03 bits per heavy atom. The van der Waals surface area contributed by atoms with E-state index in [1.807, 2.05) is 33.7 Å². The van der Waals surface area contributed by atoms with Crippen LogP contribution in [0.2, 0.25) is 0 Å². The third-order valence-electron chi connectivity index (χ3n) is 5.99. The molecule has 1 aliphatic rings. The lowest BCUT2D eigenvalue weighted by Crippen LogP contribution is -2.31. The van der Waals surface area contributed by atoms with E-state index < -0.39 is 0 Å². The van der Waals surface area contributed by atoms with Crippen molar-refractivity contribution in [3.05, 3.63) is 53.9 Å². The molecular weight excluding hydrogens is 420 g/mol. The largest absolute Gasteiger partial charge is 0.493 e. The second kappa shape index (κ2) is 10.4. The number of imidazole rings is 1. The van der Waals surface area contributed by atoms with E-state index in [1.54, 1.807) is 32.4 Å². The van der Waals surface area contributed by atoms with E-state index in [4.69, 9.17) is 14.5 Å². The molecule has 0 spiro atoms. The van der Waals surface area contributed by atoms with Crippen LogP contribution in [0.1, 0.15) is 35.4 Å². The molecule has 0 aliphatic carbocycles. The molecule has 8 heteroatoms. The fraction of sp³-hybridized carbons (Fsp3) is 0.400. The zero-order valence-electron chi connectivity index (χ0n) is 19.2. The van der Waals surface area contributed by atoms with Crippen LogP contribution in [0, 0.1) is 0 Å². The summed E-state index contributed by atoms with van der Waals surface area (Å²) in [5, 5.41) is 2.95. The second-order valence-electron chi connectivity index (χ2n) is 8.12. The molecule has 1 saturated heterocycles. The summed E-state index contributed by atoms with van der Waals surface area (Å²) in [6, 6.07) is 13.0. The van der Waals surface area contributed by atoms with Gasteiger partial charge in [-0.05, 0) is 49.6 Å². The minimum atomic E-state index is -0.173. The number of hydrogen-bond donors (Lipinski definition) is 1. The maximum Gasteiger partial charge on any atom is 0.251 e. The Bertz CT molecular complexity index is 1130. The molecule has 0 atom stereocenters. The van der Waals surface area contributed by atoms with Gasteiger partial charge in [0.15, 0.2) is 11.5 Å². The number of rotatable bonds is 9. The van der Waals surface area contributed by atoms with Crippen molar-refractivity contribution in [1.29, 1.82) is 0 Å². The summed E-state index contributed by atoms with van der Waals surface area (Å²) in [6.45, 7) is 2.47. The highest BCUT2D eigenvalue weighted by Gasteiger charge is 2.20. The molecule has 1 fully saturated rings. The Morgan fingerprint density at radius 2 is 1.79 bits per heavy atom. The number of methoxy groups -OCH3 is 2. The normalized spacial score (nSPS) is 13.3. The van der Waals surface area contributed by atoms with Crippen LogP contribution in [0.4, 0.5) is 0 Å². The molecule has 4 rings (SSSR count). The van der Waals surface area contributed by atoms with Gasteiger partial charge in [0.05, 0.1) is 25.3 Å². The molecular formula is C25H30N4O4. The highest BCUT2D eigenvalue weighted by atomic mass is 16.5. The van der Waals surface area contributed by atoms with Crippen molar-refractivity contribution in [2.24, 2.45) is 0 Å². The number of hydrogen-bond acceptors (Lipinski definition) is 5. The molecule has 33 heavy (non-hydrogen) atoms. The summed E-state index contributed by atoms with van der Waals surface area (Å²) in [5.41, 5.74) is 2.36. The smallest absolute Gasteiger partial charge is 0.251 e. The number of likely N-dealkylation sites (tertiary alicyclic amines) is 1. The van der Waals surface area contributed by atoms with E-state index in [-0.39, 0.29) is 11.8 Å². The van der Waals surface area contributed by atoms with Crippen LogP contribution < -0.4 is 14.8 Å². The maximum absolute atomic E-state index is 12.8. The number of aryl methyl sites for hydroxylation is 1. The lowest BCUT2D eigenvalue weighted by molar-refractivity contribution is -0.130. The zero-order valence-corrected chi connectivity index (χ0v) is 19.2. The molecule has 2 heterocycles. The van der Waals surface area contributed by atoms with Gasteiger partial charge in [-0.3, -0.25) is 9.59 Å². The van der Waals surface area contributed by atoms with E-state index in [0.717, 1.165) is 42.8 Å². The summed E-state index contributed by atoms with van der Waals surface area (Å²) in [4.78, 5) is 32.0. The molecule has 0 radical (unpaired) electrons. The lowest BCUT2D eigenvalue weighted by atomic mass is 10.2. The summed E-state index contributed by atoms with van der Waals surface area (Å²) < 4.78 is 12.5. The predicted molar refractivity (Wildman–Crippen MR) is 126 cm³/mol. The van der Waals surface area contributed by atoms with Crippen molar-refractivity contribution in [2.45, 2.75) is 32.2 Å². The van der Waals surface area contributed by atoms with Gasteiger partial charge in [0.1, 0.15) is 12.4 Å². The molecule has 2 aromatic carbocycles. The van der Waals surface area contributed by atoms with Gasteiger partial charge in [0.25, 0.3) is 5.91 Å².